The third-order valence-corrected chi connectivity index (χ3v) is 5.66. The molecule has 0 bridgehead atoms. The van der Waals surface area contributed by atoms with Crippen LogP contribution in [0.4, 0.5) is 5.82 Å². The molecule has 0 unspecified atom stereocenters. The molecule has 2 aromatic heterocycles. The van der Waals surface area contributed by atoms with Crippen molar-refractivity contribution in [1.29, 1.82) is 0 Å². The molecule has 1 fully saturated rings. The molecule has 3 heterocycles. The van der Waals surface area contributed by atoms with E-state index in [1.54, 1.807) is 10.6 Å². The molecule has 0 aromatic carbocycles. The molecular weight excluding hydrogens is 364 g/mol. The van der Waals surface area contributed by atoms with E-state index in [1.165, 1.54) is 15.9 Å². The van der Waals surface area contributed by atoms with Crippen molar-refractivity contribution in [3.05, 3.63) is 49.3 Å². The van der Waals surface area contributed by atoms with E-state index in [4.69, 9.17) is 0 Å². The summed E-state index contributed by atoms with van der Waals surface area (Å²) in [5.74, 6) is 0.682. The molecule has 8 heteroatoms. The van der Waals surface area contributed by atoms with Crippen molar-refractivity contribution < 1.29 is 4.79 Å². The van der Waals surface area contributed by atoms with Crippen molar-refractivity contribution in [2.45, 2.75) is 39.8 Å². The van der Waals surface area contributed by atoms with Crippen LogP contribution in [0.1, 0.15) is 49.5 Å². The smallest absolute Gasteiger partial charge is 0.333 e. The highest BCUT2D eigenvalue weighted by Gasteiger charge is 2.26. The van der Waals surface area contributed by atoms with Gasteiger partial charge in [-0.3, -0.25) is 18.7 Å². The molecule has 0 aliphatic carbocycles. The van der Waals surface area contributed by atoms with Gasteiger partial charge in [-0.1, -0.05) is 6.07 Å². The summed E-state index contributed by atoms with van der Waals surface area (Å²) in [6.45, 7) is 9.87. The molecule has 27 heavy (non-hydrogen) atoms. The van der Waals surface area contributed by atoms with Crippen molar-refractivity contribution in [3.8, 4) is 0 Å². The van der Waals surface area contributed by atoms with Crippen LogP contribution in [0.15, 0.2) is 33.2 Å². The monoisotopic (exact) mass is 390 g/mol. The van der Waals surface area contributed by atoms with E-state index in [1.807, 2.05) is 55.0 Å². The van der Waals surface area contributed by atoms with E-state index in [0.29, 0.717) is 32.0 Å². The van der Waals surface area contributed by atoms with Gasteiger partial charge in [0.25, 0.3) is 11.5 Å². The maximum atomic E-state index is 12.9. The van der Waals surface area contributed by atoms with Gasteiger partial charge in [-0.15, -0.1) is 11.3 Å². The number of carbonyl (C=O) groups excluding carboxylic acids is 1. The average molecular weight is 391 g/mol. The minimum absolute atomic E-state index is 0.0427. The molecule has 1 saturated heterocycles. The van der Waals surface area contributed by atoms with Gasteiger partial charge in [0.05, 0.1) is 4.88 Å². The van der Waals surface area contributed by atoms with Crippen molar-refractivity contribution in [2.75, 3.05) is 31.1 Å². The van der Waals surface area contributed by atoms with E-state index >= 15 is 0 Å². The Labute approximate surface area is 162 Å². The Morgan fingerprint density at radius 2 is 1.63 bits per heavy atom. The highest BCUT2D eigenvalue weighted by Crippen LogP contribution is 2.20. The van der Waals surface area contributed by atoms with Crippen molar-refractivity contribution in [2.24, 2.45) is 0 Å². The van der Waals surface area contributed by atoms with Gasteiger partial charge in [-0.2, -0.15) is 0 Å². The summed E-state index contributed by atoms with van der Waals surface area (Å²) in [5.41, 5.74) is -0.557. The van der Waals surface area contributed by atoms with Crippen molar-refractivity contribution in [3.63, 3.8) is 0 Å². The van der Waals surface area contributed by atoms with Gasteiger partial charge in [0.15, 0.2) is 0 Å². The summed E-state index contributed by atoms with van der Waals surface area (Å²) in [5, 5.41) is 1.90. The first-order valence-corrected chi connectivity index (χ1v) is 10.1. The summed E-state index contributed by atoms with van der Waals surface area (Å²) < 4.78 is 2.97. The first-order chi connectivity index (χ1) is 12.8. The second kappa shape index (κ2) is 7.72. The minimum atomic E-state index is -0.279. The molecule has 0 spiro atoms. The van der Waals surface area contributed by atoms with Gasteiger partial charge in [-0.05, 0) is 39.1 Å². The predicted molar refractivity (Wildman–Crippen MR) is 108 cm³/mol. The predicted octanol–water partition coefficient (Wildman–Crippen LogP) is 2.20. The molecule has 7 nitrogen and oxygen atoms in total. The number of hydrogen-bond acceptors (Lipinski definition) is 5. The van der Waals surface area contributed by atoms with E-state index in [-0.39, 0.29) is 29.2 Å². The van der Waals surface area contributed by atoms with Crippen LogP contribution in [0.5, 0.6) is 0 Å². The standard InChI is InChI=1S/C19H26N4O3S/c1-13(2)22-16(12-17(24)23(14(3)4)19(22)26)20-7-9-21(10-8-20)18(25)15-6-5-11-27-15/h5-6,11-14H,7-10H2,1-4H3. The molecule has 0 saturated carbocycles. The van der Waals surface area contributed by atoms with Crippen LogP contribution in [0, 0.1) is 0 Å². The fourth-order valence-electron chi connectivity index (χ4n) is 3.46. The van der Waals surface area contributed by atoms with E-state index in [9.17, 15) is 14.4 Å². The fraction of sp³-hybridized carbons (Fsp3) is 0.526. The summed E-state index contributed by atoms with van der Waals surface area (Å²) in [4.78, 5) is 42.5. The molecular formula is C19H26N4O3S. The number of nitrogens with zero attached hydrogens (tertiary/aromatic N) is 4. The molecule has 1 aliphatic rings. The quantitative estimate of drug-likeness (QED) is 0.803. The second-order valence-corrected chi connectivity index (χ2v) is 8.26. The SMILES string of the molecule is CC(C)n1c(N2CCN(C(=O)c3cccs3)CC2)cc(=O)n(C(C)C)c1=O. The van der Waals surface area contributed by atoms with Crippen LogP contribution in [0.25, 0.3) is 0 Å². The Bertz CT molecular complexity index is 919. The van der Waals surface area contributed by atoms with Gasteiger partial charge in [-0.25, -0.2) is 4.79 Å². The average Bonchev–Trinajstić information content (AvgIpc) is 3.14. The number of carbonyl (C=O) groups is 1. The summed E-state index contributed by atoms with van der Waals surface area (Å²) in [6.07, 6.45) is 0. The van der Waals surface area contributed by atoms with Gasteiger partial charge < -0.3 is 9.80 Å². The largest absolute Gasteiger partial charge is 0.354 e. The number of anilines is 1. The number of piperazine rings is 1. The molecule has 146 valence electrons. The van der Waals surface area contributed by atoms with Gasteiger partial charge in [0, 0.05) is 44.3 Å². The fourth-order valence-corrected chi connectivity index (χ4v) is 4.15. The number of amides is 1. The number of thiophene rings is 1. The third-order valence-electron chi connectivity index (χ3n) is 4.80. The molecule has 2 aromatic rings. The normalized spacial score (nSPS) is 15.0. The highest BCUT2D eigenvalue weighted by atomic mass is 32.1. The number of aromatic nitrogens is 2. The third kappa shape index (κ3) is 3.71. The van der Waals surface area contributed by atoms with Crippen LogP contribution < -0.4 is 16.1 Å². The van der Waals surface area contributed by atoms with Crippen LogP contribution in [0.3, 0.4) is 0 Å². The Hall–Kier alpha value is -2.35. The topological polar surface area (TPSA) is 67.5 Å². The molecule has 3 rings (SSSR count). The van der Waals surface area contributed by atoms with E-state index in [0.717, 1.165) is 4.88 Å². The molecule has 1 aliphatic heterocycles. The summed E-state index contributed by atoms with van der Waals surface area (Å²) in [6, 6.07) is 5.01. The minimum Gasteiger partial charge on any atom is -0.354 e. The first-order valence-electron chi connectivity index (χ1n) is 9.27. The Morgan fingerprint density at radius 1 is 1.00 bits per heavy atom. The molecule has 0 N–H and O–H groups in total. The van der Waals surface area contributed by atoms with Crippen LogP contribution in [-0.2, 0) is 0 Å². The van der Waals surface area contributed by atoms with Crippen LogP contribution >= 0.6 is 11.3 Å². The first kappa shape index (κ1) is 19.4. The van der Waals surface area contributed by atoms with Gasteiger partial charge in [0.1, 0.15) is 5.82 Å². The van der Waals surface area contributed by atoms with Crippen LogP contribution in [-0.4, -0.2) is 46.1 Å². The highest BCUT2D eigenvalue weighted by molar-refractivity contribution is 7.12. The summed E-state index contributed by atoms with van der Waals surface area (Å²) >= 11 is 1.44. The van der Waals surface area contributed by atoms with Gasteiger partial charge >= 0.3 is 5.69 Å². The van der Waals surface area contributed by atoms with E-state index < -0.39 is 0 Å². The lowest BCUT2D eigenvalue weighted by molar-refractivity contribution is 0.0751. The van der Waals surface area contributed by atoms with Crippen LogP contribution in [0.2, 0.25) is 0 Å². The zero-order valence-corrected chi connectivity index (χ0v) is 17.0. The molecule has 0 radical (unpaired) electrons. The maximum Gasteiger partial charge on any atom is 0.333 e. The number of hydrogen-bond donors (Lipinski definition) is 0. The lowest BCUT2D eigenvalue weighted by Gasteiger charge is -2.37. The maximum absolute atomic E-state index is 12.9. The lowest BCUT2D eigenvalue weighted by atomic mass is 10.2. The zero-order chi connectivity index (χ0) is 19.7. The van der Waals surface area contributed by atoms with Crippen molar-refractivity contribution in [1.82, 2.24) is 14.0 Å². The summed E-state index contributed by atoms with van der Waals surface area (Å²) in [7, 11) is 0. The number of rotatable bonds is 4. The second-order valence-electron chi connectivity index (χ2n) is 7.31. The zero-order valence-electron chi connectivity index (χ0n) is 16.2. The van der Waals surface area contributed by atoms with E-state index in [2.05, 4.69) is 0 Å². The Balaban J connectivity index is 1.87. The van der Waals surface area contributed by atoms with Crippen molar-refractivity contribution >= 4 is 23.1 Å². The van der Waals surface area contributed by atoms with Gasteiger partial charge in [0.2, 0.25) is 0 Å². The Kier molecular flexibility index (Phi) is 5.55. The Morgan fingerprint density at radius 3 is 2.15 bits per heavy atom. The lowest BCUT2D eigenvalue weighted by Crippen LogP contribution is -2.51. The molecule has 0 atom stereocenters. The molecule has 1 amide bonds.